The summed E-state index contributed by atoms with van der Waals surface area (Å²) in [5.41, 5.74) is 7.60. The first-order valence-corrected chi connectivity index (χ1v) is 7.04. The predicted molar refractivity (Wildman–Crippen MR) is 83.9 cm³/mol. The lowest BCUT2D eigenvalue weighted by Gasteiger charge is -2.07. The topological polar surface area (TPSA) is 98.4 Å². The number of nitrogens with one attached hydrogen (secondary N) is 1. The van der Waals surface area contributed by atoms with Gasteiger partial charge in [0.15, 0.2) is 11.5 Å². The molecule has 0 saturated carbocycles. The summed E-state index contributed by atoms with van der Waals surface area (Å²) in [6.45, 7) is 0. The van der Waals surface area contributed by atoms with Crippen molar-refractivity contribution in [1.29, 1.82) is 0 Å². The predicted octanol–water partition coefficient (Wildman–Crippen LogP) is 2.00. The molecule has 8 nitrogen and oxygen atoms in total. The van der Waals surface area contributed by atoms with Crippen LogP contribution in [0.3, 0.4) is 0 Å². The maximum atomic E-state index is 13.1. The van der Waals surface area contributed by atoms with Crippen molar-refractivity contribution >= 4 is 22.9 Å². The van der Waals surface area contributed by atoms with Crippen LogP contribution in [-0.4, -0.2) is 36.2 Å². The van der Waals surface area contributed by atoms with Crippen LogP contribution >= 0.6 is 0 Å². The van der Waals surface area contributed by atoms with E-state index >= 15 is 0 Å². The number of halogens is 2. The molecule has 0 atom stereocenters. The summed E-state index contributed by atoms with van der Waals surface area (Å²) in [7, 11) is 1.71. The van der Waals surface area contributed by atoms with Crippen molar-refractivity contribution in [3.63, 3.8) is 0 Å². The van der Waals surface area contributed by atoms with Gasteiger partial charge < -0.3 is 11.1 Å². The molecule has 0 aliphatic carbocycles. The number of hydrogen-bond acceptors (Lipinski definition) is 6. The molecule has 4 heterocycles. The van der Waals surface area contributed by atoms with Crippen LogP contribution in [0, 0.1) is 0 Å². The maximum Gasteiger partial charge on any atom is 0.282 e. The molecule has 0 aliphatic heterocycles. The van der Waals surface area contributed by atoms with Gasteiger partial charge in [0.1, 0.15) is 11.2 Å². The monoisotopic (exact) mass is 330 g/mol. The quantitative estimate of drug-likeness (QED) is 0.596. The number of imidazole rings is 1. The van der Waals surface area contributed by atoms with Gasteiger partial charge in [-0.1, -0.05) is 0 Å². The van der Waals surface area contributed by atoms with Crippen LogP contribution in [0.25, 0.3) is 22.4 Å². The summed E-state index contributed by atoms with van der Waals surface area (Å²) in [4.78, 5) is 8.08. The van der Waals surface area contributed by atoms with E-state index in [1.165, 1.54) is 0 Å². The summed E-state index contributed by atoms with van der Waals surface area (Å²) in [5.74, 6) is 0.635. The standard InChI is InChI=1S/C14H12F2N8/c1-18-13-11-7(4-5-23(11)22-14(17)20-13)8-2-3-10-19-6-9(12(15)16)24(10)21-8/h2-6,12H,1H3,(H3,17,18,20,22). The minimum Gasteiger partial charge on any atom is -0.371 e. The van der Waals surface area contributed by atoms with Crippen molar-refractivity contribution in [3.05, 3.63) is 36.3 Å². The van der Waals surface area contributed by atoms with Gasteiger partial charge in [-0.05, 0) is 18.2 Å². The average molecular weight is 330 g/mol. The van der Waals surface area contributed by atoms with Crippen molar-refractivity contribution in [3.8, 4) is 11.3 Å². The normalized spacial score (nSPS) is 11.7. The van der Waals surface area contributed by atoms with E-state index in [1.807, 2.05) is 0 Å². The Morgan fingerprint density at radius 3 is 2.79 bits per heavy atom. The molecular weight excluding hydrogens is 318 g/mol. The highest BCUT2D eigenvalue weighted by atomic mass is 19.3. The lowest BCUT2D eigenvalue weighted by atomic mass is 10.2. The van der Waals surface area contributed by atoms with Gasteiger partial charge in [-0.2, -0.15) is 10.1 Å². The van der Waals surface area contributed by atoms with E-state index in [2.05, 4.69) is 25.5 Å². The smallest absolute Gasteiger partial charge is 0.282 e. The van der Waals surface area contributed by atoms with Gasteiger partial charge in [-0.25, -0.2) is 22.8 Å². The Morgan fingerprint density at radius 1 is 1.21 bits per heavy atom. The Balaban J connectivity index is 1.97. The third-order valence-corrected chi connectivity index (χ3v) is 3.65. The van der Waals surface area contributed by atoms with Gasteiger partial charge in [-0.3, -0.25) is 0 Å². The second-order valence-electron chi connectivity index (χ2n) is 5.06. The molecule has 0 aliphatic rings. The van der Waals surface area contributed by atoms with Gasteiger partial charge in [0.05, 0.1) is 11.9 Å². The number of aromatic nitrogens is 6. The molecule has 122 valence electrons. The molecule has 10 heteroatoms. The van der Waals surface area contributed by atoms with E-state index in [0.29, 0.717) is 28.2 Å². The fourth-order valence-electron chi connectivity index (χ4n) is 2.61. The second-order valence-corrected chi connectivity index (χ2v) is 5.06. The third-order valence-electron chi connectivity index (χ3n) is 3.65. The summed E-state index contributed by atoms with van der Waals surface area (Å²) in [6.07, 6.45) is 0.166. The molecule has 3 N–H and O–H groups in total. The zero-order valence-electron chi connectivity index (χ0n) is 12.5. The summed E-state index contributed by atoms with van der Waals surface area (Å²) in [5, 5.41) is 11.3. The average Bonchev–Trinajstić information content (AvgIpc) is 3.16. The molecule has 0 bridgehead atoms. The van der Waals surface area contributed by atoms with Crippen molar-refractivity contribution in [2.24, 2.45) is 0 Å². The van der Waals surface area contributed by atoms with Crippen LogP contribution in [-0.2, 0) is 0 Å². The SMILES string of the molecule is CNc1nc(N)nn2ccc(-c3ccc4ncc(C(F)F)n4n3)c12. The Bertz CT molecular complexity index is 1050. The fraction of sp³-hybridized carbons (Fsp3) is 0.143. The molecular formula is C14H12F2N8. The Hall–Kier alpha value is -3.30. The number of nitrogens with two attached hydrogens (primary N) is 1. The number of alkyl halides is 2. The van der Waals surface area contributed by atoms with Gasteiger partial charge >= 0.3 is 0 Å². The molecule has 0 aromatic carbocycles. The van der Waals surface area contributed by atoms with Crippen LogP contribution in [0.5, 0.6) is 0 Å². The Labute approximate surface area is 133 Å². The van der Waals surface area contributed by atoms with E-state index < -0.39 is 6.43 Å². The van der Waals surface area contributed by atoms with Gasteiger partial charge in [0, 0.05) is 18.8 Å². The molecule has 0 amide bonds. The van der Waals surface area contributed by atoms with Gasteiger partial charge in [0.25, 0.3) is 6.43 Å². The van der Waals surface area contributed by atoms with Crippen LogP contribution < -0.4 is 11.1 Å². The van der Waals surface area contributed by atoms with Crippen LogP contribution in [0.4, 0.5) is 20.5 Å². The van der Waals surface area contributed by atoms with Crippen LogP contribution in [0.1, 0.15) is 12.1 Å². The number of rotatable bonds is 3. The lowest BCUT2D eigenvalue weighted by Crippen LogP contribution is -2.06. The van der Waals surface area contributed by atoms with Gasteiger partial charge in [-0.15, -0.1) is 5.10 Å². The van der Waals surface area contributed by atoms with Crippen molar-refractivity contribution in [2.75, 3.05) is 18.1 Å². The van der Waals surface area contributed by atoms with E-state index in [1.54, 1.807) is 36.0 Å². The highest BCUT2D eigenvalue weighted by Gasteiger charge is 2.17. The molecule has 0 radical (unpaired) electrons. The molecule has 0 spiro atoms. The molecule has 4 aromatic rings. The van der Waals surface area contributed by atoms with E-state index in [9.17, 15) is 8.78 Å². The molecule has 0 fully saturated rings. The first-order valence-electron chi connectivity index (χ1n) is 7.04. The third kappa shape index (κ3) is 2.03. The van der Waals surface area contributed by atoms with Crippen molar-refractivity contribution in [1.82, 2.24) is 29.2 Å². The first kappa shape index (κ1) is 14.3. The highest BCUT2D eigenvalue weighted by molar-refractivity contribution is 5.87. The number of hydrogen-bond donors (Lipinski definition) is 2. The zero-order valence-corrected chi connectivity index (χ0v) is 12.5. The van der Waals surface area contributed by atoms with Crippen molar-refractivity contribution in [2.45, 2.75) is 6.43 Å². The highest BCUT2D eigenvalue weighted by Crippen LogP contribution is 2.29. The Kier molecular flexibility index (Phi) is 3.05. The lowest BCUT2D eigenvalue weighted by molar-refractivity contribution is 0.143. The number of anilines is 2. The van der Waals surface area contributed by atoms with Gasteiger partial charge in [0.2, 0.25) is 5.95 Å². The van der Waals surface area contributed by atoms with E-state index in [-0.39, 0.29) is 11.6 Å². The zero-order chi connectivity index (χ0) is 16.8. The number of nitrogen functional groups attached to an aromatic ring is 1. The molecule has 4 rings (SSSR count). The largest absolute Gasteiger partial charge is 0.371 e. The minimum atomic E-state index is -2.66. The summed E-state index contributed by atoms with van der Waals surface area (Å²) >= 11 is 0. The summed E-state index contributed by atoms with van der Waals surface area (Å²) < 4.78 is 28.8. The molecule has 4 aromatic heterocycles. The van der Waals surface area contributed by atoms with E-state index in [0.717, 1.165) is 10.7 Å². The second kappa shape index (κ2) is 5.11. The van der Waals surface area contributed by atoms with Crippen LogP contribution in [0.2, 0.25) is 0 Å². The van der Waals surface area contributed by atoms with E-state index in [4.69, 9.17) is 5.73 Å². The summed E-state index contributed by atoms with van der Waals surface area (Å²) in [6, 6.07) is 5.12. The number of fused-ring (bicyclic) bond motifs is 2. The molecule has 0 unspecified atom stereocenters. The number of nitrogens with zero attached hydrogens (tertiary/aromatic N) is 6. The molecule has 24 heavy (non-hydrogen) atoms. The molecule has 0 saturated heterocycles. The van der Waals surface area contributed by atoms with Crippen LogP contribution in [0.15, 0.2) is 30.6 Å². The first-order chi connectivity index (χ1) is 11.6. The van der Waals surface area contributed by atoms with Crippen molar-refractivity contribution < 1.29 is 8.78 Å². The Morgan fingerprint density at radius 2 is 2.04 bits per heavy atom. The minimum absolute atomic E-state index is 0.118. The fourth-order valence-corrected chi connectivity index (χ4v) is 2.61. The maximum absolute atomic E-state index is 13.1.